The Labute approximate surface area is 108 Å². The summed E-state index contributed by atoms with van der Waals surface area (Å²) in [6, 6.07) is 7.13. The second kappa shape index (κ2) is 7.68. The number of nitrogens with one attached hydrogen (secondary N) is 1. The first-order chi connectivity index (χ1) is 8.61. The lowest BCUT2D eigenvalue weighted by molar-refractivity contribution is -0.116. The largest absolute Gasteiger partial charge is 0.399 e. The molecular formula is C13H21N3O2. The summed E-state index contributed by atoms with van der Waals surface area (Å²) in [5.41, 5.74) is 6.99. The van der Waals surface area contributed by atoms with Crippen LogP contribution in [0.2, 0.25) is 0 Å². The molecule has 0 radical (unpaired) electrons. The minimum absolute atomic E-state index is 0.0157. The number of likely N-dealkylation sites (N-methyl/N-ethyl adjacent to an activating group) is 1. The summed E-state index contributed by atoms with van der Waals surface area (Å²) < 4.78 is 0. The van der Waals surface area contributed by atoms with Crippen LogP contribution in [-0.2, 0) is 4.79 Å². The van der Waals surface area contributed by atoms with Crippen molar-refractivity contribution in [1.29, 1.82) is 0 Å². The van der Waals surface area contributed by atoms with Gasteiger partial charge in [0.05, 0.1) is 6.61 Å². The van der Waals surface area contributed by atoms with Gasteiger partial charge in [-0.05, 0) is 38.2 Å². The molecule has 1 aromatic rings. The molecule has 0 aliphatic carbocycles. The summed E-state index contributed by atoms with van der Waals surface area (Å²) in [5, 5.41) is 11.5. The molecule has 0 unspecified atom stereocenters. The minimum Gasteiger partial charge on any atom is -0.399 e. The van der Waals surface area contributed by atoms with Crippen molar-refractivity contribution < 1.29 is 9.90 Å². The van der Waals surface area contributed by atoms with Gasteiger partial charge in [0.1, 0.15) is 0 Å². The number of hydrogen-bond donors (Lipinski definition) is 3. The lowest BCUT2D eigenvalue weighted by Crippen LogP contribution is -2.24. The molecular weight excluding hydrogens is 230 g/mol. The highest BCUT2D eigenvalue weighted by Gasteiger charge is 2.04. The molecule has 100 valence electrons. The number of aliphatic hydroxyl groups excluding tert-OH is 1. The van der Waals surface area contributed by atoms with E-state index in [1.54, 1.807) is 18.2 Å². The van der Waals surface area contributed by atoms with Gasteiger partial charge in [-0.3, -0.25) is 4.79 Å². The molecule has 0 saturated carbocycles. The topological polar surface area (TPSA) is 78.6 Å². The van der Waals surface area contributed by atoms with Gasteiger partial charge in [-0.15, -0.1) is 0 Å². The number of carbonyl (C=O) groups excluding carboxylic acids is 1. The van der Waals surface area contributed by atoms with E-state index in [1.165, 1.54) is 0 Å². The van der Waals surface area contributed by atoms with E-state index in [4.69, 9.17) is 10.8 Å². The molecule has 0 saturated heterocycles. The van der Waals surface area contributed by atoms with Crippen molar-refractivity contribution in [2.24, 2.45) is 0 Å². The van der Waals surface area contributed by atoms with E-state index in [0.717, 1.165) is 18.7 Å². The number of aliphatic hydroxyl groups is 1. The molecule has 0 bridgehead atoms. The van der Waals surface area contributed by atoms with E-state index in [2.05, 4.69) is 5.32 Å². The van der Waals surface area contributed by atoms with Crippen LogP contribution < -0.4 is 11.1 Å². The van der Waals surface area contributed by atoms with E-state index in [9.17, 15) is 4.79 Å². The Morgan fingerprint density at radius 2 is 2.22 bits per heavy atom. The number of rotatable bonds is 7. The highest BCUT2D eigenvalue weighted by atomic mass is 16.3. The van der Waals surface area contributed by atoms with Crippen LogP contribution in [0.15, 0.2) is 24.3 Å². The maximum absolute atomic E-state index is 11.6. The second-order valence-electron chi connectivity index (χ2n) is 4.30. The molecule has 1 rings (SSSR count). The molecule has 5 heteroatoms. The van der Waals surface area contributed by atoms with Crippen molar-refractivity contribution in [3.8, 4) is 0 Å². The van der Waals surface area contributed by atoms with E-state index in [0.29, 0.717) is 18.7 Å². The Morgan fingerprint density at radius 3 is 2.89 bits per heavy atom. The summed E-state index contributed by atoms with van der Waals surface area (Å²) in [6.45, 7) is 1.58. The Bertz CT molecular complexity index is 382. The van der Waals surface area contributed by atoms with Crippen molar-refractivity contribution in [1.82, 2.24) is 4.90 Å². The third kappa shape index (κ3) is 5.65. The summed E-state index contributed by atoms with van der Waals surface area (Å²) in [7, 11) is 1.92. The molecule has 4 N–H and O–H groups in total. The number of anilines is 2. The normalized spacial score (nSPS) is 10.6. The molecule has 0 heterocycles. The zero-order valence-corrected chi connectivity index (χ0v) is 10.7. The van der Waals surface area contributed by atoms with Gasteiger partial charge in [-0.2, -0.15) is 0 Å². The summed E-state index contributed by atoms with van der Waals surface area (Å²) in [4.78, 5) is 13.6. The smallest absolute Gasteiger partial charge is 0.224 e. The molecule has 5 nitrogen and oxygen atoms in total. The fourth-order valence-electron chi connectivity index (χ4n) is 1.63. The molecule has 0 spiro atoms. The molecule has 18 heavy (non-hydrogen) atoms. The number of amides is 1. The Hall–Kier alpha value is -1.59. The fourth-order valence-corrected chi connectivity index (χ4v) is 1.63. The predicted molar refractivity (Wildman–Crippen MR) is 73.3 cm³/mol. The van der Waals surface area contributed by atoms with Crippen LogP contribution in [0.25, 0.3) is 0 Å². The van der Waals surface area contributed by atoms with Crippen LogP contribution in [0, 0.1) is 0 Å². The fraction of sp³-hybridized carbons (Fsp3) is 0.462. The van der Waals surface area contributed by atoms with Crippen molar-refractivity contribution in [3.63, 3.8) is 0 Å². The molecule has 0 aliphatic rings. The van der Waals surface area contributed by atoms with Crippen molar-refractivity contribution in [2.45, 2.75) is 12.8 Å². The summed E-state index contributed by atoms with van der Waals surface area (Å²) >= 11 is 0. The standard InChI is InChI=1S/C13H21N3O2/c1-16(8-9-17)7-3-6-13(18)15-12-5-2-4-11(14)10-12/h2,4-5,10,17H,3,6-9,14H2,1H3,(H,15,18). The van der Waals surface area contributed by atoms with Crippen LogP contribution in [0.3, 0.4) is 0 Å². The SMILES string of the molecule is CN(CCO)CCCC(=O)Nc1cccc(N)c1. The first-order valence-electron chi connectivity index (χ1n) is 6.06. The Balaban J connectivity index is 2.25. The predicted octanol–water partition coefficient (Wildman–Crippen LogP) is 0.912. The molecule has 0 aromatic heterocycles. The Morgan fingerprint density at radius 1 is 1.44 bits per heavy atom. The second-order valence-corrected chi connectivity index (χ2v) is 4.30. The quantitative estimate of drug-likeness (QED) is 0.629. The van der Waals surface area contributed by atoms with Crippen LogP contribution in [0.1, 0.15) is 12.8 Å². The van der Waals surface area contributed by atoms with Gasteiger partial charge in [0.25, 0.3) is 0 Å². The molecule has 1 aromatic carbocycles. The number of nitrogens with two attached hydrogens (primary N) is 1. The zero-order valence-electron chi connectivity index (χ0n) is 10.7. The van der Waals surface area contributed by atoms with E-state index < -0.39 is 0 Å². The van der Waals surface area contributed by atoms with Crippen molar-refractivity contribution in [2.75, 3.05) is 37.8 Å². The van der Waals surface area contributed by atoms with Crippen LogP contribution in [0.4, 0.5) is 11.4 Å². The highest BCUT2D eigenvalue weighted by Crippen LogP contribution is 2.12. The highest BCUT2D eigenvalue weighted by molar-refractivity contribution is 5.91. The van der Waals surface area contributed by atoms with Gasteiger partial charge < -0.3 is 21.1 Å². The average Bonchev–Trinajstić information content (AvgIpc) is 2.29. The monoisotopic (exact) mass is 251 g/mol. The van der Waals surface area contributed by atoms with Gasteiger partial charge in [0.2, 0.25) is 5.91 Å². The molecule has 0 aliphatic heterocycles. The van der Waals surface area contributed by atoms with Gasteiger partial charge in [0.15, 0.2) is 0 Å². The number of nitrogen functional groups attached to an aromatic ring is 1. The van der Waals surface area contributed by atoms with Crippen molar-refractivity contribution >= 4 is 17.3 Å². The lowest BCUT2D eigenvalue weighted by Gasteiger charge is -2.14. The summed E-state index contributed by atoms with van der Waals surface area (Å²) in [6.07, 6.45) is 1.23. The molecule has 0 fully saturated rings. The minimum atomic E-state index is -0.0157. The zero-order chi connectivity index (χ0) is 13.4. The molecule has 0 atom stereocenters. The number of hydrogen-bond acceptors (Lipinski definition) is 4. The van der Waals surface area contributed by atoms with Crippen molar-refractivity contribution in [3.05, 3.63) is 24.3 Å². The average molecular weight is 251 g/mol. The van der Waals surface area contributed by atoms with E-state index in [1.807, 2.05) is 18.0 Å². The van der Waals surface area contributed by atoms with Crippen LogP contribution in [0.5, 0.6) is 0 Å². The maximum atomic E-state index is 11.6. The number of carbonyl (C=O) groups is 1. The Kier molecular flexibility index (Phi) is 6.18. The van der Waals surface area contributed by atoms with Crippen LogP contribution in [-0.4, -0.2) is 42.7 Å². The van der Waals surface area contributed by atoms with Crippen LogP contribution >= 0.6 is 0 Å². The van der Waals surface area contributed by atoms with Gasteiger partial charge in [-0.1, -0.05) is 6.07 Å². The third-order valence-electron chi connectivity index (χ3n) is 2.60. The van der Waals surface area contributed by atoms with Gasteiger partial charge in [0, 0.05) is 24.3 Å². The maximum Gasteiger partial charge on any atom is 0.224 e. The third-order valence-corrected chi connectivity index (χ3v) is 2.60. The van der Waals surface area contributed by atoms with Gasteiger partial charge >= 0.3 is 0 Å². The number of nitrogens with zero attached hydrogens (tertiary/aromatic N) is 1. The van der Waals surface area contributed by atoms with E-state index >= 15 is 0 Å². The molecule has 1 amide bonds. The number of benzene rings is 1. The summed E-state index contributed by atoms with van der Waals surface area (Å²) in [5.74, 6) is -0.0157. The first kappa shape index (κ1) is 14.5. The first-order valence-corrected chi connectivity index (χ1v) is 6.06. The van der Waals surface area contributed by atoms with Gasteiger partial charge in [-0.25, -0.2) is 0 Å². The van der Waals surface area contributed by atoms with E-state index in [-0.39, 0.29) is 12.5 Å². The lowest BCUT2D eigenvalue weighted by atomic mass is 10.2.